The average molecular weight is 544 g/mol. The van der Waals surface area contributed by atoms with E-state index < -0.39 is 11.7 Å². The van der Waals surface area contributed by atoms with E-state index in [1.807, 2.05) is 24.9 Å². The van der Waals surface area contributed by atoms with Crippen molar-refractivity contribution >= 4 is 11.7 Å². The lowest BCUT2D eigenvalue weighted by atomic mass is 9.97. The van der Waals surface area contributed by atoms with Crippen LogP contribution in [-0.4, -0.2) is 78.8 Å². The number of ether oxygens (including phenoxy) is 1. The van der Waals surface area contributed by atoms with Gasteiger partial charge in [-0.15, -0.1) is 0 Å². The molecule has 2 aliphatic rings. The Balaban J connectivity index is 1.44. The van der Waals surface area contributed by atoms with Crippen LogP contribution in [0.4, 0.5) is 13.2 Å². The van der Waals surface area contributed by atoms with Crippen LogP contribution in [0.2, 0.25) is 0 Å². The van der Waals surface area contributed by atoms with E-state index in [1.54, 1.807) is 17.0 Å². The number of piperazine rings is 1. The zero-order chi connectivity index (χ0) is 28.2. The summed E-state index contributed by atoms with van der Waals surface area (Å²) in [7, 11) is 2.00. The fourth-order valence-electron chi connectivity index (χ4n) is 5.07. The highest BCUT2D eigenvalue weighted by molar-refractivity contribution is 5.97. The number of nitrogens with zero attached hydrogens (tertiary/aromatic N) is 3. The molecule has 2 saturated heterocycles. The van der Waals surface area contributed by atoms with Gasteiger partial charge in [-0.3, -0.25) is 14.5 Å². The van der Waals surface area contributed by atoms with Crippen LogP contribution in [0.3, 0.4) is 0 Å². The molecule has 9 heteroatoms. The third-order valence-corrected chi connectivity index (χ3v) is 7.57. The standard InChI is InChI=1S/C30H36F3N3O3/c1-4-29(38)36-11-9-25(10-12-36)39-28-18-22(6-5-21(28)2)17-27(37)23-7-8-24(26(19-23)30(31,32)33)20-35-15-13-34(3)14-16-35/h4-8,18-19,25H,1,9-17,20H2,2-3H3. The van der Waals surface area contributed by atoms with Crippen molar-refractivity contribution in [2.24, 2.45) is 0 Å². The lowest BCUT2D eigenvalue weighted by molar-refractivity contribution is -0.138. The lowest BCUT2D eigenvalue weighted by Crippen LogP contribution is -2.44. The molecule has 2 fully saturated rings. The van der Waals surface area contributed by atoms with Gasteiger partial charge in [0.2, 0.25) is 5.91 Å². The number of benzene rings is 2. The number of alkyl halides is 3. The molecular weight excluding hydrogens is 507 g/mol. The average Bonchev–Trinajstić information content (AvgIpc) is 2.91. The first kappa shape index (κ1) is 28.8. The number of likely N-dealkylation sites (N-methyl/N-ethyl adjacent to an activating group) is 1. The molecule has 0 aliphatic carbocycles. The molecule has 0 unspecified atom stereocenters. The number of carbonyl (C=O) groups excluding carboxylic acids is 2. The molecule has 0 atom stereocenters. The second-order valence-corrected chi connectivity index (χ2v) is 10.5. The molecule has 0 saturated carbocycles. The van der Waals surface area contributed by atoms with Gasteiger partial charge in [0.05, 0.1) is 5.56 Å². The Kier molecular flexibility index (Phi) is 9.12. The zero-order valence-corrected chi connectivity index (χ0v) is 22.6. The summed E-state index contributed by atoms with van der Waals surface area (Å²) < 4.78 is 48.1. The summed E-state index contributed by atoms with van der Waals surface area (Å²) in [5, 5.41) is 0. The van der Waals surface area contributed by atoms with E-state index >= 15 is 0 Å². The Bertz CT molecular complexity index is 1200. The van der Waals surface area contributed by atoms with Crippen molar-refractivity contribution in [3.63, 3.8) is 0 Å². The molecule has 6 nitrogen and oxygen atoms in total. The van der Waals surface area contributed by atoms with Gasteiger partial charge in [-0.2, -0.15) is 13.2 Å². The van der Waals surface area contributed by atoms with Crippen molar-refractivity contribution in [1.29, 1.82) is 0 Å². The van der Waals surface area contributed by atoms with Gasteiger partial charge in [0.1, 0.15) is 11.9 Å². The highest BCUT2D eigenvalue weighted by atomic mass is 19.4. The summed E-state index contributed by atoms with van der Waals surface area (Å²) >= 11 is 0. The second kappa shape index (κ2) is 12.3. The van der Waals surface area contributed by atoms with E-state index in [0.29, 0.717) is 50.3 Å². The topological polar surface area (TPSA) is 53.1 Å². The fourth-order valence-corrected chi connectivity index (χ4v) is 5.07. The first-order chi connectivity index (χ1) is 18.5. The number of aryl methyl sites for hydroxylation is 1. The van der Waals surface area contributed by atoms with Crippen molar-refractivity contribution in [3.05, 3.63) is 76.9 Å². The second-order valence-electron chi connectivity index (χ2n) is 10.5. The Morgan fingerprint density at radius 3 is 2.36 bits per heavy atom. The minimum Gasteiger partial charge on any atom is -0.490 e. The van der Waals surface area contributed by atoms with E-state index in [1.165, 1.54) is 18.2 Å². The minimum absolute atomic E-state index is 0.0297. The van der Waals surface area contributed by atoms with Crippen LogP contribution in [-0.2, 0) is 23.9 Å². The SMILES string of the molecule is C=CC(=O)N1CCC(Oc2cc(CC(=O)c3ccc(CN4CCN(C)CC4)c(C(F)(F)F)c3)ccc2C)CC1. The van der Waals surface area contributed by atoms with Gasteiger partial charge in [-0.1, -0.05) is 30.8 Å². The summed E-state index contributed by atoms with van der Waals surface area (Å²) in [5.41, 5.74) is 1.07. The predicted octanol–water partition coefficient (Wildman–Crippen LogP) is 4.74. The maximum absolute atomic E-state index is 14.0. The van der Waals surface area contributed by atoms with Crippen LogP contribution in [0, 0.1) is 6.92 Å². The molecule has 2 aromatic rings. The Hall–Kier alpha value is -3.17. The van der Waals surface area contributed by atoms with E-state index in [0.717, 1.165) is 24.7 Å². The first-order valence-electron chi connectivity index (χ1n) is 13.3. The van der Waals surface area contributed by atoms with E-state index in [4.69, 9.17) is 4.74 Å². The third-order valence-electron chi connectivity index (χ3n) is 7.57. The van der Waals surface area contributed by atoms with Gasteiger partial charge in [0.15, 0.2) is 5.78 Å². The molecule has 1 amide bonds. The number of piperidine rings is 1. The smallest absolute Gasteiger partial charge is 0.416 e. The van der Waals surface area contributed by atoms with Crippen LogP contribution < -0.4 is 4.74 Å². The Labute approximate surface area is 228 Å². The molecule has 0 spiro atoms. The number of Topliss-reactive ketones (excluding diaryl/α,β-unsaturated/α-hetero) is 1. The highest BCUT2D eigenvalue weighted by Gasteiger charge is 2.34. The van der Waals surface area contributed by atoms with Crippen LogP contribution >= 0.6 is 0 Å². The van der Waals surface area contributed by atoms with Crippen molar-refractivity contribution in [1.82, 2.24) is 14.7 Å². The van der Waals surface area contributed by atoms with Crippen molar-refractivity contribution in [2.75, 3.05) is 46.3 Å². The maximum atomic E-state index is 14.0. The predicted molar refractivity (Wildman–Crippen MR) is 144 cm³/mol. The first-order valence-corrected chi connectivity index (χ1v) is 13.3. The van der Waals surface area contributed by atoms with E-state index in [2.05, 4.69) is 11.5 Å². The lowest BCUT2D eigenvalue weighted by Gasteiger charge is -2.33. The van der Waals surface area contributed by atoms with Crippen LogP contribution in [0.1, 0.15) is 45.5 Å². The van der Waals surface area contributed by atoms with Crippen molar-refractivity contribution < 1.29 is 27.5 Å². The number of likely N-dealkylation sites (tertiary alicyclic amines) is 1. The fraction of sp³-hybridized carbons (Fsp3) is 0.467. The molecule has 0 radical (unpaired) electrons. The largest absolute Gasteiger partial charge is 0.490 e. The molecule has 0 N–H and O–H groups in total. The van der Waals surface area contributed by atoms with Crippen LogP contribution in [0.15, 0.2) is 49.1 Å². The van der Waals surface area contributed by atoms with Gasteiger partial charge in [0.25, 0.3) is 0 Å². The highest BCUT2D eigenvalue weighted by Crippen LogP contribution is 2.34. The summed E-state index contributed by atoms with van der Waals surface area (Å²) in [5.74, 6) is 0.177. The normalized spacial score (nSPS) is 17.7. The van der Waals surface area contributed by atoms with Crippen molar-refractivity contribution in [3.8, 4) is 5.75 Å². The van der Waals surface area contributed by atoms with Crippen LogP contribution in [0.25, 0.3) is 0 Å². The third kappa shape index (κ3) is 7.48. The number of rotatable bonds is 8. The summed E-state index contributed by atoms with van der Waals surface area (Å²) in [6, 6.07) is 9.40. The summed E-state index contributed by atoms with van der Waals surface area (Å²) in [6.07, 6.45) is -1.96. The summed E-state index contributed by atoms with van der Waals surface area (Å²) in [6.45, 7) is 9.85. The molecule has 2 heterocycles. The molecule has 39 heavy (non-hydrogen) atoms. The maximum Gasteiger partial charge on any atom is 0.416 e. The van der Waals surface area contributed by atoms with E-state index in [-0.39, 0.29) is 41.9 Å². The number of hydrogen-bond donors (Lipinski definition) is 0. The van der Waals surface area contributed by atoms with Gasteiger partial charge in [-0.25, -0.2) is 0 Å². The zero-order valence-electron chi connectivity index (χ0n) is 22.6. The number of hydrogen-bond acceptors (Lipinski definition) is 5. The minimum atomic E-state index is -4.55. The van der Waals surface area contributed by atoms with Gasteiger partial charge >= 0.3 is 6.18 Å². The number of amides is 1. The number of halogens is 3. The molecular formula is C30H36F3N3O3. The van der Waals surface area contributed by atoms with Crippen molar-refractivity contribution in [2.45, 2.75) is 45.0 Å². The van der Waals surface area contributed by atoms with E-state index in [9.17, 15) is 22.8 Å². The Morgan fingerprint density at radius 2 is 1.72 bits per heavy atom. The summed E-state index contributed by atoms with van der Waals surface area (Å²) in [4.78, 5) is 30.8. The van der Waals surface area contributed by atoms with Gasteiger partial charge < -0.3 is 14.5 Å². The quantitative estimate of drug-likeness (QED) is 0.356. The molecule has 0 aromatic heterocycles. The van der Waals surface area contributed by atoms with Gasteiger partial charge in [0, 0.05) is 70.6 Å². The monoisotopic (exact) mass is 543 g/mol. The molecule has 2 aliphatic heterocycles. The molecule has 2 aromatic carbocycles. The van der Waals surface area contributed by atoms with Gasteiger partial charge in [-0.05, 0) is 48.9 Å². The number of ketones is 1. The van der Waals surface area contributed by atoms with Crippen LogP contribution in [0.5, 0.6) is 5.75 Å². The molecule has 0 bridgehead atoms. The Morgan fingerprint density at radius 1 is 1.03 bits per heavy atom. The molecule has 4 rings (SSSR count). The number of carbonyl (C=O) groups is 2. The molecule has 210 valence electrons.